The molecule has 2 aromatic rings. The van der Waals surface area contributed by atoms with Crippen molar-refractivity contribution in [3.63, 3.8) is 0 Å². The standard InChI is InChI=1S/C21H26N2O3/c1-15-3-8-18(9-4-15)21(24)23-12-11-22-16(2)5-6-17-7-10-19-20(13-17)26-14-25-19/h3-4,7-10,13,16,22H,5-6,11-12,14H2,1-2H3,(H,23,24). The number of benzene rings is 2. The first-order valence-electron chi connectivity index (χ1n) is 9.08. The van der Waals surface area contributed by atoms with Gasteiger partial charge in [-0.2, -0.15) is 0 Å². The minimum atomic E-state index is -0.0280. The molecule has 2 aromatic carbocycles. The lowest BCUT2D eigenvalue weighted by Gasteiger charge is -2.14. The van der Waals surface area contributed by atoms with Gasteiger partial charge in [-0.15, -0.1) is 0 Å². The first-order chi connectivity index (χ1) is 12.6. The maximum atomic E-state index is 12.0. The molecule has 1 amide bonds. The highest BCUT2D eigenvalue weighted by Gasteiger charge is 2.13. The second-order valence-electron chi connectivity index (χ2n) is 6.70. The van der Waals surface area contributed by atoms with Crippen molar-refractivity contribution in [1.82, 2.24) is 10.6 Å². The largest absolute Gasteiger partial charge is 0.454 e. The molecule has 0 radical (unpaired) electrons. The van der Waals surface area contributed by atoms with Gasteiger partial charge in [0.15, 0.2) is 11.5 Å². The summed E-state index contributed by atoms with van der Waals surface area (Å²) in [6.07, 6.45) is 1.99. The van der Waals surface area contributed by atoms with Crippen molar-refractivity contribution in [2.24, 2.45) is 0 Å². The van der Waals surface area contributed by atoms with E-state index in [1.54, 1.807) is 0 Å². The normalized spacial score (nSPS) is 13.5. The van der Waals surface area contributed by atoms with Crippen molar-refractivity contribution in [2.45, 2.75) is 32.7 Å². The van der Waals surface area contributed by atoms with E-state index in [2.05, 4.69) is 29.7 Å². The Morgan fingerprint density at radius 2 is 1.85 bits per heavy atom. The molecular formula is C21H26N2O3. The number of hydrogen-bond donors (Lipinski definition) is 2. The molecule has 5 nitrogen and oxygen atoms in total. The van der Waals surface area contributed by atoms with Crippen LogP contribution in [0, 0.1) is 6.92 Å². The molecule has 1 heterocycles. The zero-order valence-corrected chi connectivity index (χ0v) is 15.4. The van der Waals surface area contributed by atoms with Gasteiger partial charge in [-0.05, 0) is 56.5 Å². The van der Waals surface area contributed by atoms with E-state index >= 15 is 0 Å². The maximum Gasteiger partial charge on any atom is 0.251 e. The molecule has 3 rings (SSSR count). The summed E-state index contributed by atoms with van der Waals surface area (Å²) in [5.74, 6) is 1.63. The number of rotatable bonds is 8. The van der Waals surface area contributed by atoms with Crippen LogP contribution in [-0.2, 0) is 6.42 Å². The summed E-state index contributed by atoms with van der Waals surface area (Å²) in [5.41, 5.74) is 3.10. The van der Waals surface area contributed by atoms with E-state index in [0.29, 0.717) is 24.9 Å². The average molecular weight is 354 g/mol. The van der Waals surface area contributed by atoms with Gasteiger partial charge < -0.3 is 20.1 Å². The Labute approximate surface area is 154 Å². The Hall–Kier alpha value is -2.53. The lowest BCUT2D eigenvalue weighted by Crippen LogP contribution is -2.36. The molecule has 1 atom stereocenters. The van der Waals surface area contributed by atoms with Crippen molar-refractivity contribution in [1.29, 1.82) is 0 Å². The molecule has 5 heteroatoms. The first-order valence-corrected chi connectivity index (χ1v) is 9.08. The van der Waals surface area contributed by atoms with E-state index in [1.165, 1.54) is 5.56 Å². The number of ether oxygens (including phenoxy) is 2. The summed E-state index contributed by atoms with van der Waals surface area (Å²) in [6, 6.07) is 14.1. The van der Waals surface area contributed by atoms with Crippen molar-refractivity contribution < 1.29 is 14.3 Å². The van der Waals surface area contributed by atoms with Crippen LogP contribution in [0.1, 0.15) is 34.8 Å². The fourth-order valence-electron chi connectivity index (χ4n) is 2.88. The van der Waals surface area contributed by atoms with Crippen LogP contribution in [-0.4, -0.2) is 31.8 Å². The van der Waals surface area contributed by atoms with E-state index in [0.717, 1.165) is 36.4 Å². The average Bonchev–Trinajstić information content (AvgIpc) is 3.11. The fraction of sp³-hybridized carbons (Fsp3) is 0.381. The smallest absolute Gasteiger partial charge is 0.251 e. The van der Waals surface area contributed by atoms with Crippen LogP contribution < -0.4 is 20.1 Å². The van der Waals surface area contributed by atoms with Crippen LogP contribution in [0.15, 0.2) is 42.5 Å². The summed E-state index contributed by atoms with van der Waals surface area (Å²) in [7, 11) is 0. The monoisotopic (exact) mass is 354 g/mol. The van der Waals surface area contributed by atoms with Crippen molar-refractivity contribution >= 4 is 5.91 Å². The van der Waals surface area contributed by atoms with Gasteiger partial charge in [0.25, 0.3) is 5.91 Å². The van der Waals surface area contributed by atoms with E-state index in [4.69, 9.17) is 9.47 Å². The van der Waals surface area contributed by atoms with Gasteiger partial charge in [-0.3, -0.25) is 4.79 Å². The quantitative estimate of drug-likeness (QED) is 0.716. The molecule has 2 N–H and O–H groups in total. The third-order valence-electron chi connectivity index (χ3n) is 4.52. The number of fused-ring (bicyclic) bond motifs is 1. The van der Waals surface area contributed by atoms with Crippen LogP contribution in [0.5, 0.6) is 11.5 Å². The summed E-state index contributed by atoms with van der Waals surface area (Å²) in [5, 5.41) is 6.39. The minimum Gasteiger partial charge on any atom is -0.454 e. The van der Waals surface area contributed by atoms with Crippen LogP contribution in [0.3, 0.4) is 0 Å². The molecule has 1 aliphatic heterocycles. The predicted octanol–water partition coefficient (Wildman–Crippen LogP) is 3.06. The van der Waals surface area contributed by atoms with Gasteiger partial charge in [0, 0.05) is 24.7 Å². The highest BCUT2D eigenvalue weighted by molar-refractivity contribution is 5.94. The number of carbonyl (C=O) groups is 1. The molecule has 0 bridgehead atoms. The molecule has 0 fully saturated rings. The maximum absolute atomic E-state index is 12.0. The zero-order valence-electron chi connectivity index (χ0n) is 15.4. The molecule has 0 spiro atoms. The predicted molar refractivity (Wildman–Crippen MR) is 102 cm³/mol. The highest BCUT2D eigenvalue weighted by atomic mass is 16.7. The molecule has 1 aliphatic rings. The van der Waals surface area contributed by atoms with Gasteiger partial charge in [0.2, 0.25) is 6.79 Å². The Morgan fingerprint density at radius 1 is 1.08 bits per heavy atom. The summed E-state index contributed by atoms with van der Waals surface area (Å²) < 4.78 is 10.7. The minimum absolute atomic E-state index is 0.0280. The third kappa shape index (κ3) is 4.99. The van der Waals surface area contributed by atoms with Gasteiger partial charge in [-0.25, -0.2) is 0 Å². The molecular weight excluding hydrogens is 328 g/mol. The molecule has 138 valence electrons. The van der Waals surface area contributed by atoms with Crippen molar-refractivity contribution in [3.8, 4) is 11.5 Å². The fourth-order valence-corrected chi connectivity index (χ4v) is 2.88. The third-order valence-corrected chi connectivity index (χ3v) is 4.52. The Bertz CT molecular complexity index is 743. The molecule has 0 saturated heterocycles. The molecule has 0 aliphatic carbocycles. The Kier molecular flexibility index (Phi) is 6.12. The molecule has 0 aromatic heterocycles. The van der Waals surface area contributed by atoms with Crippen molar-refractivity contribution in [2.75, 3.05) is 19.9 Å². The number of amides is 1. The van der Waals surface area contributed by atoms with Gasteiger partial charge in [0.1, 0.15) is 0 Å². The lowest BCUT2D eigenvalue weighted by atomic mass is 10.1. The van der Waals surface area contributed by atoms with Gasteiger partial charge in [-0.1, -0.05) is 23.8 Å². The second kappa shape index (κ2) is 8.72. The topological polar surface area (TPSA) is 59.6 Å². The molecule has 26 heavy (non-hydrogen) atoms. The number of nitrogens with one attached hydrogen (secondary N) is 2. The first kappa shape index (κ1) is 18.3. The molecule has 0 saturated carbocycles. The van der Waals surface area contributed by atoms with Crippen LogP contribution in [0.2, 0.25) is 0 Å². The SMILES string of the molecule is Cc1ccc(C(=O)NCCNC(C)CCc2ccc3c(c2)OCO3)cc1. The van der Waals surface area contributed by atoms with E-state index in [1.807, 2.05) is 37.3 Å². The second-order valence-corrected chi connectivity index (χ2v) is 6.70. The summed E-state index contributed by atoms with van der Waals surface area (Å²) in [4.78, 5) is 12.0. The van der Waals surface area contributed by atoms with E-state index in [-0.39, 0.29) is 5.91 Å². The number of carbonyl (C=O) groups excluding carboxylic acids is 1. The molecule has 1 unspecified atom stereocenters. The van der Waals surface area contributed by atoms with Gasteiger partial charge >= 0.3 is 0 Å². The van der Waals surface area contributed by atoms with Crippen molar-refractivity contribution in [3.05, 3.63) is 59.2 Å². The number of aryl methyl sites for hydroxylation is 2. The van der Waals surface area contributed by atoms with Crippen LogP contribution >= 0.6 is 0 Å². The van der Waals surface area contributed by atoms with Crippen LogP contribution in [0.4, 0.5) is 0 Å². The van der Waals surface area contributed by atoms with E-state index in [9.17, 15) is 4.79 Å². The number of hydrogen-bond acceptors (Lipinski definition) is 4. The summed E-state index contributed by atoms with van der Waals surface area (Å²) in [6.45, 7) is 5.84. The highest BCUT2D eigenvalue weighted by Crippen LogP contribution is 2.32. The Balaban J connectivity index is 1.33. The van der Waals surface area contributed by atoms with E-state index < -0.39 is 0 Å². The Morgan fingerprint density at radius 3 is 2.65 bits per heavy atom. The van der Waals surface area contributed by atoms with Crippen LogP contribution in [0.25, 0.3) is 0 Å². The zero-order chi connectivity index (χ0) is 18.4. The lowest BCUT2D eigenvalue weighted by molar-refractivity contribution is 0.0953. The summed E-state index contributed by atoms with van der Waals surface area (Å²) >= 11 is 0. The van der Waals surface area contributed by atoms with Gasteiger partial charge in [0.05, 0.1) is 0 Å².